The smallest absolute Gasteiger partial charge is 0.116 e. The maximum atomic E-state index is 9.39. The summed E-state index contributed by atoms with van der Waals surface area (Å²) in [6, 6.07) is 11.3. The minimum absolute atomic E-state index is 0.287. The maximum absolute atomic E-state index is 9.39. The highest BCUT2D eigenvalue weighted by Gasteiger charge is 2.16. The van der Waals surface area contributed by atoms with Gasteiger partial charge in [0.25, 0.3) is 0 Å². The number of phenols is 1. The molecule has 2 nitrogen and oxygen atoms in total. The van der Waals surface area contributed by atoms with Crippen molar-refractivity contribution in [2.24, 2.45) is 5.73 Å². The molecule has 78 valence electrons. The molecule has 0 saturated carbocycles. The van der Waals surface area contributed by atoms with Crippen LogP contribution >= 0.6 is 0 Å². The highest BCUT2D eigenvalue weighted by molar-refractivity contribution is 5.87. The summed E-state index contributed by atoms with van der Waals surface area (Å²) in [4.78, 5) is 0. The minimum Gasteiger partial charge on any atom is -0.508 e. The zero-order chi connectivity index (χ0) is 11.1. The second-order valence-electron chi connectivity index (χ2n) is 4.43. The fraction of sp³-hybridized carbons (Fsp3) is 0.231. The third-order valence-electron chi connectivity index (χ3n) is 2.56. The molecule has 0 fully saturated rings. The minimum atomic E-state index is -0.365. The molecule has 3 N–H and O–H groups in total. The van der Waals surface area contributed by atoms with Crippen molar-refractivity contribution in [3.63, 3.8) is 0 Å². The van der Waals surface area contributed by atoms with Gasteiger partial charge in [0.1, 0.15) is 5.75 Å². The topological polar surface area (TPSA) is 46.2 Å². The van der Waals surface area contributed by atoms with Crippen LogP contribution in [0.3, 0.4) is 0 Å². The van der Waals surface area contributed by atoms with E-state index in [2.05, 4.69) is 0 Å². The van der Waals surface area contributed by atoms with E-state index in [0.717, 1.165) is 16.3 Å². The third-order valence-corrected chi connectivity index (χ3v) is 2.56. The van der Waals surface area contributed by atoms with Crippen LogP contribution in [0.15, 0.2) is 36.4 Å². The van der Waals surface area contributed by atoms with Crippen molar-refractivity contribution >= 4 is 10.8 Å². The van der Waals surface area contributed by atoms with E-state index in [1.807, 2.05) is 38.1 Å². The first kappa shape index (κ1) is 9.99. The summed E-state index contributed by atoms with van der Waals surface area (Å²) in [6.45, 7) is 3.96. The van der Waals surface area contributed by atoms with Crippen LogP contribution in [-0.2, 0) is 5.54 Å². The van der Waals surface area contributed by atoms with Crippen LogP contribution in [-0.4, -0.2) is 5.11 Å². The van der Waals surface area contributed by atoms with Gasteiger partial charge in [-0.2, -0.15) is 0 Å². The summed E-state index contributed by atoms with van der Waals surface area (Å²) in [5.74, 6) is 0.287. The van der Waals surface area contributed by atoms with Gasteiger partial charge in [-0.25, -0.2) is 0 Å². The fourth-order valence-corrected chi connectivity index (χ4v) is 1.83. The molecular weight excluding hydrogens is 186 g/mol. The lowest BCUT2D eigenvalue weighted by Gasteiger charge is -2.21. The molecule has 0 amide bonds. The van der Waals surface area contributed by atoms with Crippen LogP contribution in [0.1, 0.15) is 19.4 Å². The molecule has 0 aromatic heterocycles. The van der Waals surface area contributed by atoms with Crippen molar-refractivity contribution < 1.29 is 5.11 Å². The predicted molar refractivity (Wildman–Crippen MR) is 62.8 cm³/mol. The lowest BCUT2D eigenvalue weighted by Crippen LogP contribution is -2.28. The van der Waals surface area contributed by atoms with E-state index in [-0.39, 0.29) is 11.3 Å². The van der Waals surface area contributed by atoms with E-state index < -0.39 is 0 Å². The Hall–Kier alpha value is -1.54. The Balaban J connectivity index is 2.77. The van der Waals surface area contributed by atoms with Gasteiger partial charge >= 0.3 is 0 Å². The Kier molecular flexibility index (Phi) is 2.16. The molecule has 0 aliphatic carbocycles. The molecule has 0 bridgehead atoms. The van der Waals surface area contributed by atoms with Crippen LogP contribution in [0.2, 0.25) is 0 Å². The number of rotatable bonds is 1. The molecule has 15 heavy (non-hydrogen) atoms. The summed E-state index contributed by atoms with van der Waals surface area (Å²) in [5.41, 5.74) is 6.83. The number of benzene rings is 2. The van der Waals surface area contributed by atoms with E-state index in [1.54, 1.807) is 12.1 Å². The van der Waals surface area contributed by atoms with Crippen molar-refractivity contribution in [3.8, 4) is 5.75 Å². The fourth-order valence-electron chi connectivity index (χ4n) is 1.83. The van der Waals surface area contributed by atoms with Gasteiger partial charge in [-0.3, -0.25) is 0 Å². The number of hydrogen-bond acceptors (Lipinski definition) is 2. The molecule has 2 rings (SSSR count). The average molecular weight is 201 g/mol. The zero-order valence-electron chi connectivity index (χ0n) is 8.99. The molecule has 0 aliphatic rings. The first-order valence-electron chi connectivity index (χ1n) is 4.99. The Morgan fingerprint density at radius 1 is 1.13 bits per heavy atom. The average Bonchev–Trinajstić information content (AvgIpc) is 2.15. The van der Waals surface area contributed by atoms with E-state index >= 15 is 0 Å². The van der Waals surface area contributed by atoms with Crippen molar-refractivity contribution in [2.45, 2.75) is 19.4 Å². The maximum Gasteiger partial charge on any atom is 0.116 e. The molecular formula is C13H15NO. The number of hydrogen-bond donors (Lipinski definition) is 2. The van der Waals surface area contributed by atoms with Crippen molar-refractivity contribution in [2.75, 3.05) is 0 Å². The molecule has 0 unspecified atom stereocenters. The Bertz CT molecular complexity index is 497. The summed E-state index contributed by atoms with van der Waals surface area (Å²) in [7, 11) is 0. The second-order valence-corrected chi connectivity index (χ2v) is 4.43. The van der Waals surface area contributed by atoms with Gasteiger partial charge in [-0.05, 0) is 42.3 Å². The molecule has 2 heteroatoms. The number of fused-ring (bicyclic) bond motifs is 1. The van der Waals surface area contributed by atoms with Gasteiger partial charge in [-0.1, -0.05) is 24.3 Å². The molecule has 2 aromatic carbocycles. The predicted octanol–water partition coefficient (Wildman–Crippen LogP) is 2.74. The Labute approximate surface area is 89.3 Å². The van der Waals surface area contributed by atoms with Gasteiger partial charge in [0.15, 0.2) is 0 Å². The first-order valence-corrected chi connectivity index (χ1v) is 4.99. The summed E-state index contributed by atoms with van der Waals surface area (Å²) < 4.78 is 0. The normalized spacial score (nSPS) is 11.9. The van der Waals surface area contributed by atoms with Gasteiger partial charge in [0.05, 0.1) is 0 Å². The van der Waals surface area contributed by atoms with Crippen LogP contribution in [0.25, 0.3) is 10.8 Å². The molecule has 0 heterocycles. The van der Waals surface area contributed by atoms with Crippen LogP contribution in [0, 0.1) is 0 Å². The third kappa shape index (κ3) is 1.81. The standard InChI is InChI=1S/C13H15NO/c1-13(2,14)12-5-3-4-9-8-10(15)6-7-11(9)12/h3-8,15H,14H2,1-2H3. The highest BCUT2D eigenvalue weighted by atomic mass is 16.3. The molecule has 0 atom stereocenters. The van der Waals surface area contributed by atoms with Crippen molar-refractivity contribution in [1.29, 1.82) is 0 Å². The van der Waals surface area contributed by atoms with Gasteiger partial charge < -0.3 is 10.8 Å². The van der Waals surface area contributed by atoms with Crippen molar-refractivity contribution in [3.05, 3.63) is 42.0 Å². The van der Waals surface area contributed by atoms with Crippen LogP contribution < -0.4 is 5.73 Å². The molecule has 0 saturated heterocycles. The van der Waals surface area contributed by atoms with Crippen molar-refractivity contribution in [1.82, 2.24) is 0 Å². The SMILES string of the molecule is CC(C)(N)c1cccc2cc(O)ccc12. The number of aromatic hydroxyl groups is 1. The van der Waals surface area contributed by atoms with Gasteiger partial charge in [0.2, 0.25) is 0 Å². The summed E-state index contributed by atoms with van der Waals surface area (Å²) in [6.07, 6.45) is 0. The number of phenolic OH excluding ortho intramolecular Hbond substituents is 1. The lowest BCUT2D eigenvalue weighted by atomic mass is 9.90. The monoisotopic (exact) mass is 201 g/mol. The summed E-state index contributed by atoms with van der Waals surface area (Å²) in [5, 5.41) is 11.5. The van der Waals surface area contributed by atoms with Crippen LogP contribution in [0.4, 0.5) is 0 Å². The molecule has 0 radical (unpaired) electrons. The Morgan fingerprint density at radius 2 is 1.87 bits per heavy atom. The lowest BCUT2D eigenvalue weighted by molar-refractivity contribution is 0.476. The van der Waals surface area contributed by atoms with E-state index in [0.29, 0.717) is 0 Å². The summed E-state index contributed by atoms with van der Waals surface area (Å²) >= 11 is 0. The van der Waals surface area contributed by atoms with E-state index in [9.17, 15) is 5.11 Å². The highest BCUT2D eigenvalue weighted by Crippen LogP contribution is 2.28. The Morgan fingerprint density at radius 3 is 2.53 bits per heavy atom. The first-order chi connectivity index (χ1) is 6.98. The largest absolute Gasteiger partial charge is 0.508 e. The zero-order valence-corrected chi connectivity index (χ0v) is 8.99. The van der Waals surface area contributed by atoms with E-state index in [4.69, 9.17) is 5.73 Å². The van der Waals surface area contributed by atoms with Gasteiger partial charge in [0, 0.05) is 5.54 Å². The quantitative estimate of drug-likeness (QED) is 0.745. The van der Waals surface area contributed by atoms with Gasteiger partial charge in [-0.15, -0.1) is 0 Å². The molecule has 0 spiro atoms. The van der Waals surface area contributed by atoms with Crippen LogP contribution in [0.5, 0.6) is 5.75 Å². The molecule has 0 aliphatic heterocycles. The second kappa shape index (κ2) is 3.24. The number of nitrogens with two attached hydrogens (primary N) is 1. The van der Waals surface area contributed by atoms with E-state index in [1.165, 1.54) is 0 Å². The molecule has 2 aromatic rings.